The van der Waals surface area contributed by atoms with E-state index in [1.54, 1.807) is 0 Å². The zero-order chi connectivity index (χ0) is 31.3. The summed E-state index contributed by atoms with van der Waals surface area (Å²) >= 11 is 1.83. The molecule has 47 heavy (non-hydrogen) atoms. The molecule has 226 valence electrons. The van der Waals surface area contributed by atoms with Crippen LogP contribution in [0.15, 0.2) is 139 Å². The first-order chi connectivity index (χ1) is 23.1. The molecule has 3 heterocycles. The number of aromatic nitrogens is 1. The Labute approximate surface area is 278 Å². The molecule has 0 amide bonds. The molecule has 0 saturated carbocycles. The van der Waals surface area contributed by atoms with Crippen LogP contribution in [0.4, 0.5) is 5.00 Å². The molecule has 0 fully saturated rings. The van der Waals surface area contributed by atoms with Gasteiger partial charge in [0.1, 0.15) is 5.00 Å². The van der Waals surface area contributed by atoms with Crippen LogP contribution in [0.5, 0.6) is 0 Å². The molecule has 2 atom stereocenters. The van der Waals surface area contributed by atoms with Crippen LogP contribution in [0, 0.1) is 5.92 Å². The van der Waals surface area contributed by atoms with Crippen LogP contribution in [0.2, 0.25) is 0 Å². The fourth-order valence-corrected chi connectivity index (χ4v) is 9.80. The van der Waals surface area contributed by atoms with E-state index < -0.39 is 0 Å². The van der Waals surface area contributed by atoms with Gasteiger partial charge in [-0.25, -0.2) is 4.99 Å². The fourth-order valence-electron chi connectivity index (χ4n) is 8.68. The van der Waals surface area contributed by atoms with E-state index in [9.17, 15) is 0 Å². The van der Waals surface area contributed by atoms with E-state index in [0.29, 0.717) is 11.8 Å². The maximum atomic E-state index is 5.70. The lowest BCUT2D eigenvalue weighted by molar-refractivity contribution is 0.394. The van der Waals surface area contributed by atoms with E-state index >= 15 is 0 Å². The molecule has 2 nitrogen and oxygen atoms in total. The Hall–Kier alpha value is -4.99. The van der Waals surface area contributed by atoms with Crippen LogP contribution in [-0.4, -0.2) is 10.3 Å². The van der Waals surface area contributed by atoms with Crippen LogP contribution in [0.25, 0.3) is 48.4 Å². The number of hydrogen-bond donors (Lipinski definition) is 0. The highest BCUT2D eigenvalue weighted by Crippen LogP contribution is 2.53. The van der Waals surface area contributed by atoms with Crippen molar-refractivity contribution in [3.05, 3.63) is 156 Å². The van der Waals surface area contributed by atoms with E-state index in [4.69, 9.17) is 4.99 Å². The molecule has 0 N–H and O–H groups in total. The monoisotopic (exact) mass is 622 g/mol. The number of aliphatic imine (C=N–C) groups is 1. The lowest BCUT2D eigenvalue weighted by atomic mass is 9.74. The second-order valence-electron chi connectivity index (χ2n) is 13.9. The molecule has 3 heteroatoms. The summed E-state index contributed by atoms with van der Waals surface area (Å²) in [5.74, 6) is 0.889. The highest BCUT2D eigenvalue weighted by atomic mass is 32.1. The van der Waals surface area contributed by atoms with Crippen molar-refractivity contribution < 1.29 is 0 Å². The number of nitrogens with zero attached hydrogens (tertiary/aromatic N) is 2. The number of aryl methyl sites for hydroxylation is 1. The Bertz CT molecular complexity index is 2570. The second-order valence-corrected chi connectivity index (χ2v) is 14.9. The van der Waals surface area contributed by atoms with Crippen LogP contribution in [-0.2, 0) is 11.8 Å². The largest absolute Gasteiger partial charge is 0.307 e. The summed E-state index contributed by atoms with van der Waals surface area (Å²) in [6.45, 7) is 4.84. The first-order valence-electron chi connectivity index (χ1n) is 16.8. The van der Waals surface area contributed by atoms with Crippen LogP contribution in [0.1, 0.15) is 48.4 Å². The number of benzene rings is 5. The quantitative estimate of drug-likeness (QED) is 0.183. The standard InChI is InChI=1S/C44H34N2S/c1-44(2)36-18-8-5-14-30(36)31-23-22-29(25-37(31)44)42-39(20-11-17-34-33-16-7-10-21-41(33)47-43(34)45-42)46-38-19-9-6-15-32(38)35-24-27-12-3-4-13-28(27)26-40(35)46/h3-10,12-16,18-26,30,36H,11,17H2,1-2H3/b39-20+,45-42-. The Morgan fingerprint density at radius 3 is 2.40 bits per heavy atom. The number of hydrogen-bond acceptors (Lipinski definition) is 2. The normalized spacial score (nSPS) is 22.0. The highest BCUT2D eigenvalue weighted by molar-refractivity contribution is 7.22. The van der Waals surface area contributed by atoms with Crippen molar-refractivity contribution in [2.45, 2.75) is 38.0 Å². The maximum absolute atomic E-state index is 5.70. The fraction of sp³-hybridized carbons (Fsp3) is 0.159. The van der Waals surface area contributed by atoms with Crippen molar-refractivity contribution in [1.82, 2.24) is 4.57 Å². The highest BCUT2D eigenvalue weighted by Gasteiger charge is 2.44. The van der Waals surface area contributed by atoms with Crippen LogP contribution in [0.3, 0.4) is 0 Å². The summed E-state index contributed by atoms with van der Waals surface area (Å²) in [5.41, 5.74) is 10.1. The molecule has 0 radical (unpaired) electrons. The van der Waals surface area contributed by atoms with Crippen molar-refractivity contribution in [3.63, 3.8) is 0 Å². The molecule has 1 aliphatic heterocycles. The van der Waals surface area contributed by atoms with Gasteiger partial charge in [0.15, 0.2) is 0 Å². The topological polar surface area (TPSA) is 17.3 Å². The third-order valence-electron chi connectivity index (χ3n) is 11.0. The van der Waals surface area contributed by atoms with Gasteiger partial charge in [-0.3, -0.25) is 0 Å². The Morgan fingerprint density at radius 1 is 0.745 bits per heavy atom. The zero-order valence-corrected chi connectivity index (χ0v) is 27.4. The second kappa shape index (κ2) is 10.0. The summed E-state index contributed by atoms with van der Waals surface area (Å²) < 4.78 is 3.81. The number of fused-ring (bicyclic) bond motifs is 10. The molecule has 3 aliphatic rings. The third kappa shape index (κ3) is 3.93. The first kappa shape index (κ1) is 27.2. The van der Waals surface area contributed by atoms with E-state index in [2.05, 4.69) is 152 Å². The van der Waals surface area contributed by atoms with Crippen molar-refractivity contribution in [3.8, 4) is 0 Å². The van der Waals surface area contributed by atoms with Gasteiger partial charge in [0, 0.05) is 27.0 Å². The molecular weight excluding hydrogens is 589 g/mol. The molecule has 10 rings (SSSR count). The Balaban J connectivity index is 1.27. The molecule has 2 unspecified atom stereocenters. The van der Waals surface area contributed by atoms with E-state index in [-0.39, 0.29) is 5.41 Å². The zero-order valence-electron chi connectivity index (χ0n) is 26.6. The summed E-state index contributed by atoms with van der Waals surface area (Å²) in [5, 5.41) is 7.55. The predicted octanol–water partition coefficient (Wildman–Crippen LogP) is 11.9. The summed E-state index contributed by atoms with van der Waals surface area (Å²) in [7, 11) is 0. The molecule has 0 spiro atoms. The molecule has 7 aromatic rings. The van der Waals surface area contributed by atoms with Crippen molar-refractivity contribution in [1.29, 1.82) is 0 Å². The van der Waals surface area contributed by atoms with E-state index in [0.717, 1.165) is 23.6 Å². The van der Waals surface area contributed by atoms with Gasteiger partial charge in [0.05, 0.1) is 22.4 Å². The lowest BCUT2D eigenvalue weighted by Gasteiger charge is -2.29. The Morgan fingerprint density at radius 2 is 1.51 bits per heavy atom. The van der Waals surface area contributed by atoms with Gasteiger partial charge in [-0.05, 0) is 87.4 Å². The Kier molecular flexibility index (Phi) is 5.78. The molecule has 5 aromatic carbocycles. The van der Waals surface area contributed by atoms with E-state index in [1.807, 2.05) is 11.3 Å². The van der Waals surface area contributed by atoms with Gasteiger partial charge >= 0.3 is 0 Å². The molecule has 0 bridgehead atoms. The van der Waals surface area contributed by atoms with E-state index in [1.165, 1.54) is 70.6 Å². The van der Waals surface area contributed by atoms with Gasteiger partial charge in [-0.2, -0.15) is 0 Å². The number of rotatable bonds is 2. The smallest absolute Gasteiger partial charge is 0.121 e. The van der Waals surface area contributed by atoms with Crippen molar-refractivity contribution >= 4 is 70.4 Å². The van der Waals surface area contributed by atoms with Crippen LogP contribution >= 0.6 is 11.3 Å². The molecule has 2 aliphatic carbocycles. The molecule has 0 saturated heterocycles. The predicted molar refractivity (Wildman–Crippen MR) is 202 cm³/mol. The van der Waals surface area contributed by atoms with Crippen molar-refractivity contribution in [2.24, 2.45) is 10.9 Å². The summed E-state index contributed by atoms with van der Waals surface area (Å²) in [4.78, 5) is 5.70. The SMILES string of the molecule is CC1(C)c2cc(C3=N/c4sc5ccccc5c4CC/C=C\3n3c4ccccc4c4cc5ccccc5cc43)ccc2C2C=CC=CC21. The minimum absolute atomic E-state index is 0.0257. The number of para-hydroxylation sites is 1. The van der Waals surface area contributed by atoms with Gasteiger partial charge in [-0.1, -0.05) is 117 Å². The van der Waals surface area contributed by atoms with Gasteiger partial charge in [0.25, 0.3) is 0 Å². The van der Waals surface area contributed by atoms with Crippen molar-refractivity contribution in [2.75, 3.05) is 0 Å². The van der Waals surface area contributed by atoms with Gasteiger partial charge in [0.2, 0.25) is 0 Å². The average molecular weight is 623 g/mol. The average Bonchev–Trinajstić information content (AvgIpc) is 3.68. The minimum Gasteiger partial charge on any atom is -0.307 e. The minimum atomic E-state index is 0.0257. The number of allylic oxidation sites excluding steroid dienone is 6. The first-order valence-corrected chi connectivity index (χ1v) is 17.6. The lowest BCUT2D eigenvalue weighted by Crippen LogP contribution is -2.24. The number of thiophene rings is 1. The summed E-state index contributed by atoms with van der Waals surface area (Å²) in [6, 6.07) is 38.4. The van der Waals surface area contributed by atoms with Gasteiger partial charge < -0.3 is 4.57 Å². The molecule has 2 aromatic heterocycles. The van der Waals surface area contributed by atoms with Crippen LogP contribution < -0.4 is 0 Å². The van der Waals surface area contributed by atoms with Gasteiger partial charge in [-0.15, -0.1) is 11.3 Å². The third-order valence-corrected chi connectivity index (χ3v) is 12.1. The maximum Gasteiger partial charge on any atom is 0.121 e. The molecular formula is C44H34N2S. The summed E-state index contributed by atoms with van der Waals surface area (Å²) in [6.07, 6.45) is 13.6.